The molecule has 0 amide bonds. The number of phenols is 1. The Labute approximate surface area is 172 Å². The number of phenolic OH excluding ortho intramolecular Hbond substituents is 1. The van der Waals surface area contributed by atoms with Crippen molar-refractivity contribution in [1.29, 1.82) is 0 Å². The Balaban J connectivity index is 1.99. The van der Waals surface area contributed by atoms with E-state index in [2.05, 4.69) is 4.94 Å². The third-order valence-electron chi connectivity index (χ3n) is 4.80. The summed E-state index contributed by atoms with van der Waals surface area (Å²) >= 11 is -0.496. The van der Waals surface area contributed by atoms with E-state index in [0.717, 1.165) is 21.1 Å². The van der Waals surface area contributed by atoms with E-state index < -0.39 is 33.2 Å². The van der Waals surface area contributed by atoms with Crippen molar-refractivity contribution in [3.05, 3.63) is 88.2 Å². The number of aliphatic hydroxyl groups excluding tert-OH is 1. The molecule has 4 rings (SSSR count). The van der Waals surface area contributed by atoms with Gasteiger partial charge in [0.05, 0.1) is 0 Å². The quantitative estimate of drug-likeness (QED) is 0.577. The zero-order valence-corrected chi connectivity index (χ0v) is 18.0. The van der Waals surface area contributed by atoms with Gasteiger partial charge in [0.15, 0.2) is 0 Å². The fourth-order valence-electron chi connectivity index (χ4n) is 3.60. The van der Waals surface area contributed by atoms with Gasteiger partial charge in [0.1, 0.15) is 0 Å². The molecular weight excluding hydrogens is 463 g/mol. The number of aromatic carboxylic acids is 1. The van der Waals surface area contributed by atoms with Gasteiger partial charge in [0.2, 0.25) is 0 Å². The summed E-state index contributed by atoms with van der Waals surface area (Å²) in [6.45, 7) is 0. The molecular formula is C22H18O5Sn. The predicted molar refractivity (Wildman–Crippen MR) is 107 cm³/mol. The molecule has 2 aromatic carbocycles. The number of fused-ring (bicyclic) bond motifs is 2. The van der Waals surface area contributed by atoms with Crippen LogP contribution in [0.1, 0.15) is 27.0 Å². The van der Waals surface area contributed by atoms with E-state index in [1.165, 1.54) is 6.07 Å². The number of rotatable bonds is 4. The molecule has 5 nitrogen and oxygen atoms in total. The van der Waals surface area contributed by atoms with Crippen LogP contribution in [0, 0.1) is 0 Å². The third-order valence-corrected chi connectivity index (χ3v) is 6.98. The van der Waals surface area contributed by atoms with Crippen molar-refractivity contribution in [2.24, 2.45) is 0 Å². The van der Waals surface area contributed by atoms with Crippen LogP contribution in [-0.4, -0.2) is 48.5 Å². The average molecular weight is 481 g/mol. The first-order valence-electron chi connectivity index (χ1n) is 8.82. The van der Waals surface area contributed by atoms with E-state index >= 15 is 0 Å². The maximum atomic E-state index is 12.0. The molecule has 1 heterocycles. The Hall–Kier alpha value is -2.67. The van der Waals surface area contributed by atoms with Crippen LogP contribution in [0.15, 0.2) is 66.0 Å². The Morgan fingerprint density at radius 3 is 2.64 bits per heavy atom. The summed E-state index contributed by atoms with van der Waals surface area (Å²) in [5.74, 6) is -0.386. The van der Waals surface area contributed by atoms with Crippen LogP contribution in [-0.2, 0) is 4.44 Å². The molecule has 0 saturated heterocycles. The van der Waals surface area contributed by atoms with E-state index in [1.807, 2.05) is 12.1 Å². The van der Waals surface area contributed by atoms with Crippen molar-refractivity contribution in [3.63, 3.8) is 0 Å². The van der Waals surface area contributed by atoms with Crippen LogP contribution in [0.4, 0.5) is 0 Å². The molecule has 1 unspecified atom stereocenters. The Morgan fingerprint density at radius 2 is 1.89 bits per heavy atom. The van der Waals surface area contributed by atoms with Crippen LogP contribution in [0.25, 0.3) is 5.57 Å². The summed E-state index contributed by atoms with van der Waals surface area (Å²) in [5.41, 5.74) is 4.13. The van der Waals surface area contributed by atoms with Gasteiger partial charge in [-0.05, 0) is 0 Å². The number of carbonyl (C=O) groups is 1. The fraction of sp³-hybridized carbons (Fsp3) is 0.136. The molecule has 28 heavy (non-hydrogen) atoms. The second-order valence-corrected chi connectivity index (χ2v) is 9.72. The molecule has 2 aromatic rings. The Kier molecular flexibility index (Phi) is 4.93. The summed E-state index contributed by atoms with van der Waals surface area (Å²) in [5, 5.41) is 29.6. The van der Waals surface area contributed by atoms with Gasteiger partial charge < -0.3 is 0 Å². The van der Waals surface area contributed by atoms with Crippen LogP contribution in [0.2, 0.25) is 4.94 Å². The van der Waals surface area contributed by atoms with Crippen molar-refractivity contribution in [2.75, 3.05) is 0 Å². The normalized spacial score (nSPS) is 17.5. The van der Waals surface area contributed by atoms with Crippen LogP contribution in [0.3, 0.4) is 0 Å². The number of aromatic hydroxyl groups is 1. The van der Waals surface area contributed by atoms with Gasteiger partial charge in [-0.25, -0.2) is 0 Å². The zero-order valence-electron chi connectivity index (χ0n) is 15.1. The molecule has 0 saturated carbocycles. The van der Waals surface area contributed by atoms with Crippen molar-refractivity contribution in [3.8, 4) is 11.5 Å². The third kappa shape index (κ3) is 3.30. The number of aliphatic hydroxyl groups is 1. The number of benzene rings is 2. The van der Waals surface area contributed by atoms with Gasteiger partial charge in [-0.2, -0.15) is 0 Å². The first kappa shape index (κ1) is 18.7. The van der Waals surface area contributed by atoms with Gasteiger partial charge in [0.25, 0.3) is 0 Å². The average Bonchev–Trinajstić information content (AvgIpc) is 2.66. The number of carboxylic acid groups (broad SMARTS) is 1. The van der Waals surface area contributed by atoms with E-state index in [0.29, 0.717) is 16.9 Å². The summed E-state index contributed by atoms with van der Waals surface area (Å²) in [6.07, 6.45) is 4.34. The molecule has 2 aliphatic rings. The van der Waals surface area contributed by atoms with Gasteiger partial charge >= 0.3 is 173 Å². The SMILES string of the molecule is [CH3][Sn][CH2]c1ccc(C2=C3C=CC(O)=CC3Oc3cc(O)ccc32)c(C(=O)O)c1. The molecule has 2 radical (unpaired) electrons. The topological polar surface area (TPSA) is 87.0 Å². The second-order valence-electron chi connectivity index (χ2n) is 6.69. The number of hydrogen-bond donors (Lipinski definition) is 3. The predicted octanol–water partition coefficient (Wildman–Crippen LogP) is 3.92. The molecule has 0 fully saturated rings. The fourth-order valence-corrected chi connectivity index (χ4v) is 5.39. The molecule has 140 valence electrons. The summed E-state index contributed by atoms with van der Waals surface area (Å²) in [6, 6.07) is 10.4. The van der Waals surface area contributed by atoms with Gasteiger partial charge in [-0.3, -0.25) is 0 Å². The molecule has 0 aromatic heterocycles. The Morgan fingerprint density at radius 1 is 1.11 bits per heavy atom. The van der Waals surface area contributed by atoms with E-state index in [1.54, 1.807) is 36.4 Å². The molecule has 1 atom stereocenters. The van der Waals surface area contributed by atoms with E-state index in [4.69, 9.17) is 4.74 Å². The molecule has 0 spiro atoms. The number of hydrogen-bond acceptors (Lipinski definition) is 4. The first-order chi connectivity index (χ1) is 13.5. The minimum atomic E-state index is -0.979. The van der Waals surface area contributed by atoms with Crippen molar-refractivity contribution < 1.29 is 24.9 Å². The standard InChI is InChI=1S/C21H15O5.CH3.Sn/c1-11-2-5-14(17(8-11)21(24)25)20-15-6-3-12(22)9-18(15)26-19-10-13(23)4-7-16(19)20;;/h2-10,18,22-23H,1H2,(H,24,25);1H3;. The second kappa shape index (κ2) is 7.39. The molecule has 1 aliphatic heterocycles. The zero-order chi connectivity index (χ0) is 19.8. The minimum absolute atomic E-state index is 0.0592. The summed E-state index contributed by atoms with van der Waals surface area (Å²) in [4.78, 5) is 14.3. The van der Waals surface area contributed by atoms with Gasteiger partial charge in [0, 0.05) is 0 Å². The van der Waals surface area contributed by atoms with Crippen molar-refractivity contribution in [1.82, 2.24) is 0 Å². The number of ether oxygens (including phenoxy) is 1. The molecule has 6 heteroatoms. The number of allylic oxidation sites excluding steroid dienone is 1. The van der Waals surface area contributed by atoms with E-state index in [-0.39, 0.29) is 17.1 Å². The van der Waals surface area contributed by atoms with Crippen molar-refractivity contribution >= 4 is 32.7 Å². The van der Waals surface area contributed by atoms with Crippen LogP contribution < -0.4 is 4.74 Å². The van der Waals surface area contributed by atoms with Crippen LogP contribution in [0.5, 0.6) is 11.5 Å². The van der Waals surface area contributed by atoms with E-state index in [9.17, 15) is 20.1 Å². The van der Waals surface area contributed by atoms with Crippen molar-refractivity contribution in [2.45, 2.75) is 15.5 Å². The Bertz CT molecular complexity index is 1060. The van der Waals surface area contributed by atoms with Gasteiger partial charge in [-0.15, -0.1) is 0 Å². The van der Waals surface area contributed by atoms with Gasteiger partial charge in [-0.1, -0.05) is 0 Å². The number of carboxylic acids is 1. The summed E-state index contributed by atoms with van der Waals surface area (Å²) in [7, 11) is 0. The monoisotopic (exact) mass is 482 g/mol. The molecule has 0 bridgehead atoms. The molecule has 1 aliphatic carbocycles. The molecule has 3 N–H and O–H groups in total. The van der Waals surface area contributed by atoms with Crippen LogP contribution >= 0.6 is 0 Å². The first-order valence-corrected chi connectivity index (χ1v) is 13.7. The maximum absolute atomic E-state index is 12.0. The summed E-state index contributed by atoms with van der Waals surface area (Å²) < 4.78 is 6.93.